The minimum absolute atomic E-state index is 0.124. The molecule has 2 aromatic carbocycles. The van der Waals surface area contributed by atoms with Crippen LogP contribution in [0.15, 0.2) is 36.4 Å². The Morgan fingerprint density at radius 3 is 2.07 bits per heavy atom. The third-order valence-corrected chi connectivity index (χ3v) is 9.06. The molecule has 7 heteroatoms. The number of esters is 2. The normalized spacial score (nSPS) is 19.5. The third-order valence-electron chi connectivity index (χ3n) is 9.06. The topological polar surface area (TPSA) is 80.3 Å². The molecule has 0 aromatic heterocycles. The van der Waals surface area contributed by atoms with Crippen LogP contribution < -0.4 is 14.2 Å². The fraction of sp³-hybridized carbons (Fsp3) is 0.611. The summed E-state index contributed by atoms with van der Waals surface area (Å²) < 4.78 is 28.6. The van der Waals surface area contributed by atoms with Crippen LogP contribution in [0.1, 0.15) is 124 Å². The number of hydrogen-bond donors (Lipinski definition) is 0. The predicted octanol–water partition coefficient (Wildman–Crippen LogP) is 8.14. The Hall–Kier alpha value is -2.90. The van der Waals surface area contributed by atoms with Crippen LogP contribution in [0.3, 0.4) is 0 Å². The Morgan fingerprint density at radius 1 is 0.814 bits per heavy atom. The van der Waals surface area contributed by atoms with Crippen LogP contribution in [-0.2, 0) is 14.3 Å². The van der Waals surface area contributed by atoms with E-state index in [4.69, 9.17) is 23.7 Å². The van der Waals surface area contributed by atoms with E-state index >= 15 is 0 Å². The van der Waals surface area contributed by atoms with Crippen molar-refractivity contribution in [2.45, 2.75) is 103 Å². The molecule has 2 aliphatic carbocycles. The molecule has 234 valence electrons. The summed E-state index contributed by atoms with van der Waals surface area (Å²) in [7, 11) is 0. The second-order valence-corrected chi connectivity index (χ2v) is 12.9. The van der Waals surface area contributed by atoms with E-state index in [0.717, 1.165) is 56.4 Å². The van der Waals surface area contributed by atoms with Gasteiger partial charge in [0.05, 0.1) is 32.0 Å². The van der Waals surface area contributed by atoms with Crippen LogP contribution in [0.2, 0.25) is 0 Å². The first kappa shape index (κ1) is 31.5. The van der Waals surface area contributed by atoms with Gasteiger partial charge in [0.25, 0.3) is 0 Å². The molecule has 2 fully saturated rings. The van der Waals surface area contributed by atoms with Crippen molar-refractivity contribution >= 4 is 11.9 Å². The smallest absolute Gasteiger partial charge is 0.343 e. The summed E-state index contributed by atoms with van der Waals surface area (Å²) in [6.45, 7) is 7.46. The molecule has 1 aliphatic heterocycles. The Bertz CT molecular complexity index is 1220. The van der Waals surface area contributed by atoms with E-state index in [9.17, 15) is 9.59 Å². The maximum atomic E-state index is 13.1. The Morgan fingerprint density at radius 2 is 1.44 bits per heavy atom. The second kappa shape index (κ2) is 15.2. The van der Waals surface area contributed by atoms with E-state index in [2.05, 4.69) is 13.8 Å². The minimum atomic E-state index is -0.407. The van der Waals surface area contributed by atoms with Gasteiger partial charge in [0.15, 0.2) is 0 Å². The molecule has 5 rings (SSSR count). The van der Waals surface area contributed by atoms with Crippen LogP contribution in [0, 0.1) is 5.41 Å². The average molecular weight is 593 g/mol. The molecule has 1 saturated carbocycles. The summed E-state index contributed by atoms with van der Waals surface area (Å²) in [6, 6.07) is 10.6. The van der Waals surface area contributed by atoms with Crippen LogP contribution in [-0.4, -0.2) is 45.0 Å². The van der Waals surface area contributed by atoms with Crippen LogP contribution in [0.5, 0.6) is 17.2 Å². The van der Waals surface area contributed by atoms with E-state index < -0.39 is 5.97 Å². The molecule has 0 N–H and O–H groups in total. The second-order valence-electron chi connectivity index (χ2n) is 12.9. The molecule has 0 radical (unpaired) electrons. The standard InChI is InChI=1S/C36H48O7/c1-3-4-5-6-7-8-9-10-11-32(37)42-30-18-19-31(34-28-13-12-27(22-28)33(30)34)43-35(38)26-14-16-29(17-15-26)41-21-20-39-23-36(2)24-40-25-36/h14-19,27-28H,3-13,20-25H2,1-2H3. The van der Waals surface area contributed by atoms with Gasteiger partial charge in [-0.3, -0.25) is 4.79 Å². The van der Waals surface area contributed by atoms with Crippen LogP contribution in [0.25, 0.3) is 0 Å². The maximum absolute atomic E-state index is 13.1. The number of hydrogen-bond acceptors (Lipinski definition) is 7. The molecular formula is C36H48O7. The zero-order chi connectivity index (χ0) is 30.1. The van der Waals surface area contributed by atoms with Gasteiger partial charge in [-0.1, -0.05) is 58.8 Å². The fourth-order valence-corrected chi connectivity index (χ4v) is 6.62. The average Bonchev–Trinajstić information content (AvgIpc) is 3.62. The highest BCUT2D eigenvalue weighted by Gasteiger charge is 2.42. The monoisotopic (exact) mass is 592 g/mol. The highest BCUT2D eigenvalue weighted by molar-refractivity contribution is 5.91. The molecule has 2 bridgehead atoms. The molecule has 2 aromatic rings. The van der Waals surface area contributed by atoms with E-state index in [1.165, 1.54) is 38.5 Å². The molecule has 2 unspecified atom stereocenters. The van der Waals surface area contributed by atoms with Gasteiger partial charge in [-0.2, -0.15) is 0 Å². The highest BCUT2D eigenvalue weighted by atomic mass is 16.5. The van der Waals surface area contributed by atoms with Crippen molar-refractivity contribution < 1.29 is 33.3 Å². The number of fused-ring (bicyclic) bond motifs is 5. The van der Waals surface area contributed by atoms with E-state index in [0.29, 0.717) is 60.9 Å². The molecule has 3 aliphatic rings. The number of unbranched alkanes of at least 4 members (excludes halogenated alkanes) is 7. The van der Waals surface area contributed by atoms with Gasteiger partial charge in [0, 0.05) is 23.0 Å². The molecular weight excluding hydrogens is 544 g/mol. The molecule has 1 heterocycles. The van der Waals surface area contributed by atoms with Crippen molar-refractivity contribution in [1.82, 2.24) is 0 Å². The summed E-state index contributed by atoms with van der Waals surface area (Å²) in [5.74, 6) is 2.02. The summed E-state index contributed by atoms with van der Waals surface area (Å²) in [4.78, 5) is 25.8. The Kier molecular flexibility index (Phi) is 11.1. The third kappa shape index (κ3) is 8.39. The molecule has 0 amide bonds. The first-order valence-corrected chi connectivity index (χ1v) is 16.4. The quantitative estimate of drug-likeness (QED) is 0.0982. The molecule has 7 nitrogen and oxygen atoms in total. The number of rotatable bonds is 18. The van der Waals surface area contributed by atoms with Gasteiger partial charge in [0.1, 0.15) is 23.9 Å². The summed E-state index contributed by atoms with van der Waals surface area (Å²) in [5.41, 5.74) is 2.69. The van der Waals surface area contributed by atoms with Gasteiger partial charge < -0.3 is 23.7 Å². The maximum Gasteiger partial charge on any atom is 0.343 e. The summed E-state index contributed by atoms with van der Waals surface area (Å²) in [6.07, 6.45) is 13.1. The van der Waals surface area contributed by atoms with Gasteiger partial charge >= 0.3 is 11.9 Å². The molecule has 2 atom stereocenters. The van der Waals surface area contributed by atoms with E-state index in [1.54, 1.807) is 30.3 Å². The summed E-state index contributed by atoms with van der Waals surface area (Å²) in [5, 5.41) is 0. The lowest BCUT2D eigenvalue weighted by molar-refractivity contribution is -0.139. The first-order valence-electron chi connectivity index (χ1n) is 16.4. The van der Waals surface area contributed by atoms with Crippen molar-refractivity contribution in [3.05, 3.63) is 53.1 Å². The number of carbonyl (C=O) groups excluding carboxylic acids is 2. The van der Waals surface area contributed by atoms with Crippen molar-refractivity contribution in [1.29, 1.82) is 0 Å². The van der Waals surface area contributed by atoms with Crippen LogP contribution >= 0.6 is 0 Å². The van der Waals surface area contributed by atoms with Gasteiger partial charge in [0.2, 0.25) is 0 Å². The molecule has 43 heavy (non-hydrogen) atoms. The number of carbonyl (C=O) groups is 2. The lowest BCUT2D eigenvalue weighted by Gasteiger charge is -2.37. The number of ether oxygens (including phenoxy) is 5. The lowest BCUT2D eigenvalue weighted by Crippen LogP contribution is -2.43. The zero-order valence-electron chi connectivity index (χ0n) is 26.0. The Labute approximate surface area is 256 Å². The zero-order valence-corrected chi connectivity index (χ0v) is 26.0. The lowest BCUT2D eigenvalue weighted by atomic mass is 9.90. The number of benzene rings is 2. The predicted molar refractivity (Wildman–Crippen MR) is 165 cm³/mol. The van der Waals surface area contributed by atoms with E-state index in [-0.39, 0.29) is 11.4 Å². The Balaban J connectivity index is 1.10. The van der Waals surface area contributed by atoms with Crippen molar-refractivity contribution in [3.63, 3.8) is 0 Å². The van der Waals surface area contributed by atoms with Gasteiger partial charge in [-0.15, -0.1) is 0 Å². The van der Waals surface area contributed by atoms with Crippen molar-refractivity contribution in [3.8, 4) is 17.2 Å². The van der Waals surface area contributed by atoms with Crippen molar-refractivity contribution in [2.75, 3.05) is 33.0 Å². The van der Waals surface area contributed by atoms with E-state index in [1.807, 2.05) is 6.07 Å². The fourth-order valence-electron chi connectivity index (χ4n) is 6.62. The molecule has 1 saturated heterocycles. The first-order chi connectivity index (χ1) is 21.0. The largest absolute Gasteiger partial charge is 0.491 e. The highest BCUT2D eigenvalue weighted by Crippen LogP contribution is 2.58. The SMILES string of the molecule is CCCCCCCCCCC(=O)Oc1ccc(OC(=O)c2ccc(OCCOCC3(C)COC3)cc2)c2c1C1CCC2C1. The van der Waals surface area contributed by atoms with Crippen LogP contribution in [0.4, 0.5) is 0 Å². The minimum Gasteiger partial charge on any atom is -0.491 e. The summed E-state index contributed by atoms with van der Waals surface area (Å²) >= 11 is 0. The van der Waals surface area contributed by atoms with Crippen molar-refractivity contribution in [2.24, 2.45) is 5.41 Å². The van der Waals surface area contributed by atoms with Gasteiger partial charge in [-0.05, 0) is 73.9 Å². The molecule has 0 spiro atoms. The van der Waals surface area contributed by atoms with Gasteiger partial charge in [-0.25, -0.2) is 4.79 Å².